The van der Waals surface area contributed by atoms with Crippen molar-refractivity contribution >= 4 is 40.1 Å². The molecule has 30 heavy (non-hydrogen) atoms. The molecule has 0 spiro atoms. The number of nitrogens with zero attached hydrogens (tertiary/aromatic N) is 2. The molecule has 166 valence electrons. The van der Waals surface area contributed by atoms with Crippen molar-refractivity contribution in [2.45, 2.75) is 87.6 Å². The Morgan fingerprint density at radius 2 is 2.07 bits per heavy atom. The van der Waals surface area contributed by atoms with Crippen molar-refractivity contribution in [1.29, 1.82) is 0 Å². The Morgan fingerprint density at radius 3 is 2.83 bits per heavy atom. The zero-order chi connectivity index (χ0) is 21.2. The second kappa shape index (κ2) is 12.3. The monoisotopic (exact) mass is 452 g/mol. The number of esters is 1. The molecule has 1 aromatic heterocycles. The number of nitrogens with one attached hydrogen (secondary N) is 2. The van der Waals surface area contributed by atoms with Crippen LogP contribution in [0.4, 0.5) is 5.13 Å². The third-order valence-corrected chi connectivity index (χ3v) is 7.42. The van der Waals surface area contributed by atoms with Gasteiger partial charge in [0.25, 0.3) is 5.91 Å². The van der Waals surface area contributed by atoms with Gasteiger partial charge in [0.1, 0.15) is 0 Å². The third-order valence-electron chi connectivity index (χ3n) is 5.46. The van der Waals surface area contributed by atoms with Crippen LogP contribution in [-0.2, 0) is 14.3 Å². The molecule has 0 aliphatic heterocycles. The van der Waals surface area contributed by atoms with Gasteiger partial charge in [0.05, 0.1) is 5.75 Å². The van der Waals surface area contributed by atoms with Crippen molar-refractivity contribution in [2.75, 3.05) is 17.6 Å². The molecule has 2 aliphatic rings. The van der Waals surface area contributed by atoms with Gasteiger partial charge in [0.2, 0.25) is 5.13 Å². The number of allylic oxidation sites excluding steroid dienone is 1. The second-order valence-corrected chi connectivity index (χ2v) is 10.1. The van der Waals surface area contributed by atoms with Gasteiger partial charge in [0, 0.05) is 12.6 Å². The van der Waals surface area contributed by atoms with Crippen LogP contribution in [0.2, 0.25) is 0 Å². The van der Waals surface area contributed by atoms with E-state index in [1.165, 1.54) is 73.6 Å². The molecule has 1 aromatic rings. The van der Waals surface area contributed by atoms with E-state index in [0.29, 0.717) is 12.6 Å². The quantitative estimate of drug-likeness (QED) is 0.310. The van der Waals surface area contributed by atoms with E-state index in [1.807, 2.05) is 0 Å². The Hall–Kier alpha value is -1.61. The molecule has 1 atom stereocenters. The van der Waals surface area contributed by atoms with E-state index in [0.717, 1.165) is 28.7 Å². The van der Waals surface area contributed by atoms with Gasteiger partial charge in [-0.1, -0.05) is 54.0 Å². The highest BCUT2D eigenvalue weighted by Gasteiger charge is 2.19. The van der Waals surface area contributed by atoms with Gasteiger partial charge in [-0.05, 0) is 51.9 Å². The molecule has 0 bridgehead atoms. The highest BCUT2D eigenvalue weighted by atomic mass is 32.2. The Labute approximate surface area is 186 Å². The Bertz CT molecular complexity index is 732. The van der Waals surface area contributed by atoms with Crippen molar-refractivity contribution < 1.29 is 14.3 Å². The Morgan fingerprint density at radius 1 is 1.23 bits per heavy atom. The zero-order valence-electron chi connectivity index (χ0n) is 17.7. The van der Waals surface area contributed by atoms with Gasteiger partial charge in [-0.25, -0.2) is 0 Å². The largest absolute Gasteiger partial charge is 0.452 e. The van der Waals surface area contributed by atoms with Crippen molar-refractivity contribution in [3.05, 3.63) is 11.6 Å². The lowest BCUT2D eigenvalue weighted by Crippen LogP contribution is -2.36. The second-order valence-electron chi connectivity index (χ2n) is 7.92. The number of anilines is 1. The molecule has 3 rings (SSSR count). The minimum atomic E-state index is -0.795. The predicted molar refractivity (Wildman–Crippen MR) is 121 cm³/mol. The van der Waals surface area contributed by atoms with E-state index in [9.17, 15) is 9.59 Å². The number of thioether (sulfide) groups is 1. The van der Waals surface area contributed by atoms with Crippen LogP contribution in [0.5, 0.6) is 0 Å². The normalized spacial score (nSPS) is 18.4. The summed E-state index contributed by atoms with van der Waals surface area (Å²) in [5, 5.41) is 15.4. The molecule has 0 saturated heterocycles. The number of ether oxygens (including phenoxy) is 1. The highest BCUT2D eigenvalue weighted by Crippen LogP contribution is 2.28. The standard InChI is InChI=1S/C21H32N4O3S2/c1-15(19(27)22-13-12-16-8-4-2-5-9-16)28-18(26)14-29-21-25-24-20(30-21)23-17-10-6-3-7-11-17/h8,15,17H,2-7,9-14H2,1H3,(H,22,27)(H,23,24). The fourth-order valence-electron chi connectivity index (χ4n) is 3.78. The molecule has 1 unspecified atom stereocenters. The maximum Gasteiger partial charge on any atom is 0.317 e. The van der Waals surface area contributed by atoms with Crippen LogP contribution in [0.25, 0.3) is 0 Å². The SMILES string of the molecule is CC(OC(=O)CSc1nnc(NC2CCCCC2)s1)C(=O)NCCC1=CCCCC1. The fraction of sp³-hybridized carbons (Fsp3) is 0.714. The number of amides is 1. The fourth-order valence-corrected chi connectivity index (χ4v) is 5.39. The van der Waals surface area contributed by atoms with Crippen LogP contribution in [0.3, 0.4) is 0 Å². The van der Waals surface area contributed by atoms with E-state index in [4.69, 9.17) is 4.74 Å². The first kappa shape index (κ1) is 23.1. The summed E-state index contributed by atoms with van der Waals surface area (Å²) >= 11 is 2.75. The maximum absolute atomic E-state index is 12.1. The topological polar surface area (TPSA) is 93.2 Å². The van der Waals surface area contributed by atoms with Gasteiger partial charge in [0.15, 0.2) is 10.4 Å². The molecule has 2 N–H and O–H groups in total. The molecular weight excluding hydrogens is 420 g/mol. The number of carbonyl (C=O) groups excluding carboxylic acids is 2. The minimum absolute atomic E-state index is 0.114. The van der Waals surface area contributed by atoms with E-state index in [-0.39, 0.29) is 11.7 Å². The lowest BCUT2D eigenvalue weighted by atomic mass is 9.96. The van der Waals surface area contributed by atoms with Gasteiger partial charge in [-0.2, -0.15) is 0 Å². The molecule has 2 aliphatic carbocycles. The molecule has 0 radical (unpaired) electrons. The molecule has 9 heteroatoms. The van der Waals surface area contributed by atoms with Gasteiger partial charge in [-0.3, -0.25) is 9.59 Å². The van der Waals surface area contributed by atoms with Crippen LogP contribution in [0.1, 0.15) is 71.1 Å². The lowest BCUT2D eigenvalue weighted by molar-refractivity contribution is -0.152. The molecule has 1 fully saturated rings. The summed E-state index contributed by atoms with van der Waals surface area (Å²) in [6.07, 6.45) is 13.3. The highest BCUT2D eigenvalue weighted by molar-refractivity contribution is 8.01. The number of rotatable bonds is 10. The summed E-state index contributed by atoms with van der Waals surface area (Å²) in [6, 6.07) is 0.475. The minimum Gasteiger partial charge on any atom is -0.452 e. The van der Waals surface area contributed by atoms with E-state index in [1.54, 1.807) is 6.92 Å². The Kier molecular flexibility index (Phi) is 9.45. The first-order chi connectivity index (χ1) is 14.6. The molecular formula is C21H32N4O3S2. The summed E-state index contributed by atoms with van der Waals surface area (Å²) in [6.45, 7) is 2.19. The van der Waals surface area contributed by atoms with Crippen molar-refractivity contribution in [3.8, 4) is 0 Å². The lowest BCUT2D eigenvalue weighted by Gasteiger charge is -2.21. The predicted octanol–water partition coefficient (Wildman–Crippen LogP) is 4.31. The summed E-state index contributed by atoms with van der Waals surface area (Å²) in [4.78, 5) is 24.2. The van der Waals surface area contributed by atoms with Gasteiger partial charge >= 0.3 is 5.97 Å². The summed E-state index contributed by atoms with van der Waals surface area (Å²) < 4.78 is 5.98. The Balaban J connectivity index is 1.31. The average molecular weight is 453 g/mol. The summed E-state index contributed by atoms with van der Waals surface area (Å²) in [7, 11) is 0. The smallest absolute Gasteiger partial charge is 0.317 e. The number of hydrogen-bond donors (Lipinski definition) is 2. The molecule has 7 nitrogen and oxygen atoms in total. The number of aromatic nitrogens is 2. The first-order valence-electron chi connectivity index (χ1n) is 11.0. The molecule has 1 amide bonds. The van der Waals surface area contributed by atoms with Crippen LogP contribution >= 0.6 is 23.1 Å². The molecule has 1 saturated carbocycles. The van der Waals surface area contributed by atoms with Crippen LogP contribution in [0, 0.1) is 0 Å². The third kappa shape index (κ3) is 7.91. The summed E-state index contributed by atoms with van der Waals surface area (Å²) in [5.41, 5.74) is 1.41. The van der Waals surface area contributed by atoms with E-state index >= 15 is 0 Å². The van der Waals surface area contributed by atoms with Crippen molar-refractivity contribution in [3.63, 3.8) is 0 Å². The van der Waals surface area contributed by atoms with E-state index < -0.39 is 12.1 Å². The average Bonchev–Trinajstić information content (AvgIpc) is 3.21. The molecule has 0 aromatic carbocycles. The number of hydrogen-bond acceptors (Lipinski definition) is 8. The van der Waals surface area contributed by atoms with Crippen LogP contribution < -0.4 is 10.6 Å². The summed E-state index contributed by atoms with van der Waals surface area (Å²) in [5.74, 6) is -0.558. The maximum atomic E-state index is 12.1. The van der Waals surface area contributed by atoms with Gasteiger partial charge < -0.3 is 15.4 Å². The number of carbonyl (C=O) groups is 2. The zero-order valence-corrected chi connectivity index (χ0v) is 19.3. The van der Waals surface area contributed by atoms with Crippen molar-refractivity contribution in [2.24, 2.45) is 0 Å². The van der Waals surface area contributed by atoms with Gasteiger partial charge in [-0.15, -0.1) is 10.2 Å². The molecule has 1 heterocycles. The van der Waals surface area contributed by atoms with Crippen LogP contribution in [0.15, 0.2) is 16.0 Å². The van der Waals surface area contributed by atoms with Crippen LogP contribution in [-0.4, -0.2) is 46.5 Å². The first-order valence-corrected chi connectivity index (χ1v) is 12.8. The van der Waals surface area contributed by atoms with Crippen molar-refractivity contribution in [1.82, 2.24) is 15.5 Å². The van der Waals surface area contributed by atoms with E-state index in [2.05, 4.69) is 26.9 Å².